The van der Waals surface area contributed by atoms with E-state index in [0.29, 0.717) is 5.75 Å². The maximum Gasteiger partial charge on any atom is 0.168 e. The Balaban J connectivity index is 2.50. The molecule has 0 spiro atoms. The molecule has 4 heteroatoms. The Morgan fingerprint density at radius 1 is 1.04 bits per heavy atom. The first-order valence-corrected chi connectivity index (χ1v) is 7.71. The first-order chi connectivity index (χ1) is 11.0. The molecule has 0 saturated carbocycles. The summed E-state index contributed by atoms with van der Waals surface area (Å²) in [5, 5.41) is 0. The van der Waals surface area contributed by atoms with Crippen molar-refractivity contribution in [2.75, 3.05) is 28.3 Å². The van der Waals surface area contributed by atoms with E-state index in [-0.39, 0.29) is 6.04 Å². The van der Waals surface area contributed by atoms with Crippen LogP contribution in [0.5, 0.6) is 11.5 Å². The van der Waals surface area contributed by atoms with Gasteiger partial charge in [0.2, 0.25) is 0 Å². The van der Waals surface area contributed by atoms with Gasteiger partial charge < -0.3 is 20.1 Å². The van der Waals surface area contributed by atoms with Crippen LogP contribution in [0.2, 0.25) is 0 Å². The van der Waals surface area contributed by atoms with Crippen LogP contribution in [0, 0.1) is 0 Å². The predicted molar refractivity (Wildman–Crippen MR) is 95.0 cm³/mol. The maximum atomic E-state index is 6.05. The molecule has 0 bridgehead atoms. The zero-order chi connectivity index (χ0) is 17.0. The van der Waals surface area contributed by atoms with Crippen molar-refractivity contribution in [3.05, 3.63) is 47.5 Å². The minimum absolute atomic E-state index is 0.0680. The topological polar surface area (TPSA) is 47.7 Å². The van der Waals surface area contributed by atoms with Crippen LogP contribution < -0.4 is 15.2 Å². The van der Waals surface area contributed by atoms with E-state index in [1.54, 1.807) is 14.2 Å². The van der Waals surface area contributed by atoms with Gasteiger partial charge in [0.15, 0.2) is 11.5 Å². The number of ether oxygens (including phenoxy) is 2. The Labute approximate surface area is 138 Å². The summed E-state index contributed by atoms with van der Waals surface area (Å²) in [5.74, 6) is 1.44. The van der Waals surface area contributed by atoms with Crippen molar-refractivity contribution in [3.63, 3.8) is 0 Å². The lowest BCUT2D eigenvalue weighted by Crippen LogP contribution is -2.10. The number of methoxy groups -OCH3 is 2. The zero-order valence-electron chi connectivity index (χ0n) is 14.6. The average molecular weight is 314 g/mol. The molecule has 0 fully saturated rings. The van der Waals surface area contributed by atoms with Gasteiger partial charge in [0.1, 0.15) is 0 Å². The van der Waals surface area contributed by atoms with Crippen LogP contribution in [-0.2, 0) is 6.54 Å². The molecule has 0 heterocycles. The molecule has 2 aromatic carbocycles. The maximum absolute atomic E-state index is 6.05. The highest BCUT2D eigenvalue weighted by molar-refractivity contribution is 5.75. The van der Waals surface area contributed by atoms with E-state index in [4.69, 9.17) is 15.2 Å². The Morgan fingerprint density at radius 3 is 2.17 bits per heavy atom. The summed E-state index contributed by atoms with van der Waals surface area (Å²) in [4.78, 5) is 2.15. The van der Waals surface area contributed by atoms with Crippen molar-refractivity contribution in [1.82, 2.24) is 4.90 Å². The van der Waals surface area contributed by atoms with E-state index in [1.165, 1.54) is 5.56 Å². The molecule has 0 radical (unpaired) electrons. The van der Waals surface area contributed by atoms with Crippen LogP contribution in [0.25, 0.3) is 11.1 Å². The van der Waals surface area contributed by atoms with Gasteiger partial charge in [-0.1, -0.05) is 24.3 Å². The fraction of sp³-hybridized carbons (Fsp3) is 0.368. The summed E-state index contributed by atoms with van der Waals surface area (Å²) >= 11 is 0. The van der Waals surface area contributed by atoms with Gasteiger partial charge >= 0.3 is 0 Å². The van der Waals surface area contributed by atoms with Gasteiger partial charge in [-0.2, -0.15) is 0 Å². The SMILES string of the molecule is COc1cc(C(C)N)cc(-c2ccc(CN(C)C)cc2)c1OC. The molecule has 1 unspecified atom stereocenters. The average Bonchev–Trinajstić information content (AvgIpc) is 2.53. The van der Waals surface area contributed by atoms with E-state index < -0.39 is 0 Å². The van der Waals surface area contributed by atoms with E-state index in [1.807, 2.05) is 13.0 Å². The highest BCUT2D eigenvalue weighted by Crippen LogP contribution is 2.40. The highest BCUT2D eigenvalue weighted by Gasteiger charge is 2.15. The molecule has 0 aliphatic carbocycles. The highest BCUT2D eigenvalue weighted by atomic mass is 16.5. The van der Waals surface area contributed by atoms with Crippen molar-refractivity contribution in [2.45, 2.75) is 19.5 Å². The van der Waals surface area contributed by atoms with Crippen molar-refractivity contribution >= 4 is 0 Å². The molecule has 23 heavy (non-hydrogen) atoms. The fourth-order valence-corrected chi connectivity index (χ4v) is 2.62. The fourth-order valence-electron chi connectivity index (χ4n) is 2.62. The minimum Gasteiger partial charge on any atom is -0.493 e. The van der Waals surface area contributed by atoms with Crippen LogP contribution in [-0.4, -0.2) is 33.2 Å². The summed E-state index contributed by atoms with van der Waals surface area (Å²) < 4.78 is 11.1. The molecule has 124 valence electrons. The van der Waals surface area contributed by atoms with Gasteiger partial charge in [0, 0.05) is 18.2 Å². The first kappa shape index (κ1) is 17.3. The quantitative estimate of drug-likeness (QED) is 0.887. The van der Waals surface area contributed by atoms with Crippen LogP contribution in [0.1, 0.15) is 24.1 Å². The summed E-state index contributed by atoms with van der Waals surface area (Å²) in [7, 11) is 7.43. The monoisotopic (exact) mass is 314 g/mol. The van der Waals surface area contributed by atoms with Crippen molar-refractivity contribution < 1.29 is 9.47 Å². The standard InChI is InChI=1S/C19H26N2O2/c1-13(20)16-10-17(19(23-5)18(11-16)22-4)15-8-6-14(7-9-15)12-21(2)3/h6-11,13H,12,20H2,1-5H3. The largest absolute Gasteiger partial charge is 0.493 e. The van der Waals surface area contributed by atoms with E-state index in [9.17, 15) is 0 Å². The first-order valence-electron chi connectivity index (χ1n) is 7.71. The number of nitrogens with zero attached hydrogens (tertiary/aromatic N) is 1. The number of nitrogens with two attached hydrogens (primary N) is 1. The second kappa shape index (κ2) is 7.49. The third kappa shape index (κ3) is 4.03. The van der Waals surface area contributed by atoms with Gasteiger partial charge in [-0.05, 0) is 49.8 Å². The van der Waals surface area contributed by atoms with E-state index in [2.05, 4.69) is 49.3 Å². The van der Waals surface area contributed by atoms with Crippen LogP contribution in [0.3, 0.4) is 0 Å². The lowest BCUT2D eigenvalue weighted by atomic mass is 9.97. The van der Waals surface area contributed by atoms with Crippen LogP contribution in [0.15, 0.2) is 36.4 Å². The summed E-state index contributed by atoms with van der Waals surface area (Å²) in [6.45, 7) is 2.88. The Hall–Kier alpha value is -2.04. The number of benzene rings is 2. The second-order valence-electron chi connectivity index (χ2n) is 6.03. The summed E-state index contributed by atoms with van der Waals surface area (Å²) in [6.07, 6.45) is 0. The molecule has 0 aromatic heterocycles. The number of hydrogen-bond acceptors (Lipinski definition) is 4. The predicted octanol–water partition coefficient (Wildman–Crippen LogP) is 3.45. The molecule has 0 amide bonds. The van der Waals surface area contributed by atoms with Gasteiger partial charge in [0.05, 0.1) is 14.2 Å². The van der Waals surface area contributed by atoms with Crippen molar-refractivity contribution in [1.29, 1.82) is 0 Å². The molecule has 2 aromatic rings. The number of hydrogen-bond donors (Lipinski definition) is 1. The summed E-state index contributed by atoms with van der Waals surface area (Å²) in [5.41, 5.74) is 10.4. The third-order valence-electron chi connectivity index (χ3n) is 3.79. The number of rotatable bonds is 6. The summed E-state index contributed by atoms with van der Waals surface area (Å²) in [6, 6.07) is 12.4. The Bertz CT molecular complexity index is 649. The molecule has 0 aliphatic heterocycles. The second-order valence-corrected chi connectivity index (χ2v) is 6.03. The Kier molecular flexibility index (Phi) is 5.64. The molecule has 0 saturated heterocycles. The molecular weight excluding hydrogens is 288 g/mol. The lowest BCUT2D eigenvalue weighted by molar-refractivity contribution is 0.355. The molecular formula is C19H26N2O2. The van der Waals surface area contributed by atoms with Crippen LogP contribution in [0.4, 0.5) is 0 Å². The van der Waals surface area contributed by atoms with Crippen LogP contribution >= 0.6 is 0 Å². The van der Waals surface area contributed by atoms with Gasteiger partial charge in [-0.15, -0.1) is 0 Å². The molecule has 2 N–H and O–H groups in total. The van der Waals surface area contributed by atoms with Gasteiger partial charge in [-0.25, -0.2) is 0 Å². The molecule has 0 aliphatic rings. The van der Waals surface area contributed by atoms with Crippen molar-refractivity contribution in [3.8, 4) is 22.6 Å². The smallest absolute Gasteiger partial charge is 0.168 e. The lowest BCUT2D eigenvalue weighted by Gasteiger charge is -2.17. The zero-order valence-corrected chi connectivity index (χ0v) is 14.6. The van der Waals surface area contributed by atoms with Crippen molar-refractivity contribution in [2.24, 2.45) is 5.73 Å². The Morgan fingerprint density at radius 2 is 1.70 bits per heavy atom. The normalized spacial score (nSPS) is 12.3. The van der Waals surface area contributed by atoms with E-state index >= 15 is 0 Å². The van der Waals surface area contributed by atoms with Gasteiger partial charge in [-0.3, -0.25) is 0 Å². The molecule has 1 atom stereocenters. The molecule has 4 nitrogen and oxygen atoms in total. The minimum atomic E-state index is -0.0680. The van der Waals surface area contributed by atoms with E-state index in [0.717, 1.165) is 29.0 Å². The van der Waals surface area contributed by atoms with Gasteiger partial charge in [0.25, 0.3) is 0 Å². The molecule has 2 rings (SSSR count). The third-order valence-corrected chi connectivity index (χ3v) is 3.79.